The van der Waals surface area contributed by atoms with Crippen molar-refractivity contribution < 1.29 is 13.2 Å². The van der Waals surface area contributed by atoms with Crippen molar-refractivity contribution in [3.05, 3.63) is 29.8 Å². The van der Waals surface area contributed by atoms with Gasteiger partial charge in [-0.2, -0.15) is 13.2 Å². The number of rotatable bonds is 2. The van der Waals surface area contributed by atoms with Gasteiger partial charge in [0.2, 0.25) is 0 Å². The third-order valence-electron chi connectivity index (χ3n) is 3.34. The largest absolute Gasteiger partial charge is 0.418 e. The molecule has 2 N–H and O–H groups in total. The van der Waals surface area contributed by atoms with E-state index in [9.17, 15) is 13.2 Å². The lowest BCUT2D eigenvalue weighted by molar-refractivity contribution is -0.137. The smallest absolute Gasteiger partial charge is 0.380 e. The van der Waals surface area contributed by atoms with Gasteiger partial charge in [0.15, 0.2) is 0 Å². The van der Waals surface area contributed by atoms with Crippen LogP contribution in [0.4, 0.5) is 18.9 Å². The topological polar surface area (TPSA) is 24.1 Å². The minimum atomic E-state index is -4.31. The van der Waals surface area contributed by atoms with Gasteiger partial charge in [-0.15, -0.1) is 0 Å². The van der Waals surface area contributed by atoms with E-state index in [4.69, 9.17) is 0 Å². The van der Waals surface area contributed by atoms with Gasteiger partial charge in [-0.1, -0.05) is 12.1 Å². The molecule has 2 unspecified atom stereocenters. The molecule has 2 atom stereocenters. The predicted molar refractivity (Wildman–Crippen MR) is 65.6 cm³/mol. The Morgan fingerprint density at radius 2 is 2.00 bits per heavy atom. The maximum absolute atomic E-state index is 12.8. The third kappa shape index (κ3) is 2.96. The van der Waals surface area contributed by atoms with Gasteiger partial charge in [-0.3, -0.25) is 0 Å². The van der Waals surface area contributed by atoms with Crippen molar-refractivity contribution >= 4 is 5.69 Å². The van der Waals surface area contributed by atoms with Crippen LogP contribution in [0.3, 0.4) is 0 Å². The molecule has 1 aromatic rings. The monoisotopic (exact) mass is 258 g/mol. The highest BCUT2D eigenvalue weighted by molar-refractivity contribution is 5.53. The standard InChI is InChI=1S/C13H17F3N2/c1-9-11(7-4-8-17-9)18-12-6-3-2-5-10(12)13(14,15)16/h2-3,5-6,9,11,17-18H,4,7-8H2,1H3. The van der Waals surface area contributed by atoms with Crippen molar-refractivity contribution in [2.24, 2.45) is 0 Å². The maximum atomic E-state index is 12.8. The number of hydrogen-bond donors (Lipinski definition) is 2. The third-order valence-corrected chi connectivity index (χ3v) is 3.34. The van der Waals surface area contributed by atoms with Crippen molar-refractivity contribution in [3.8, 4) is 0 Å². The van der Waals surface area contributed by atoms with Crippen molar-refractivity contribution in [2.75, 3.05) is 11.9 Å². The first-order chi connectivity index (χ1) is 8.48. The fourth-order valence-electron chi connectivity index (χ4n) is 2.30. The van der Waals surface area contributed by atoms with Crippen LogP contribution in [-0.4, -0.2) is 18.6 Å². The van der Waals surface area contributed by atoms with Crippen molar-refractivity contribution in [3.63, 3.8) is 0 Å². The minimum Gasteiger partial charge on any atom is -0.380 e. The molecule has 2 nitrogen and oxygen atoms in total. The molecule has 1 aromatic carbocycles. The van der Waals surface area contributed by atoms with Gasteiger partial charge >= 0.3 is 6.18 Å². The molecule has 100 valence electrons. The first kappa shape index (κ1) is 13.2. The number of benzene rings is 1. The van der Waals surface area contributed by atoms with Crippen molar-refractivity contribution in [1.82, 2.24) is 5.32 Å². The van der Waals surface area contributed by atoms with Crippen LogP contribution in [0.1, 0.15) is 25.3 Å². The molecule has 1 fully saturated rings. The fourth-order valence-corrected chi connectivity index (χ4v) is 2.30. The fraction of sp³-hybridized carbons (Fsp3) is 0.538. The van der Waals surface area contributed by atoms with E-state index in [1.807, 2.05) is 6.92 Å². The second-order valence-electron chi connectivity index (χ2n) is 4.68. The summed E-state index contributed by atoms with van der Waals surface area (Å²) >= 11 is 0. The van der Waals surface area contributed by atoms with E-state index in [2.05, 4.69) is 10.6 Å². The summed E-state index contributed by atoms with van der Waals surface area (Å²) < 4.78 is 38.5. The Morgan fingerprint density at radius 3 is 2.67 bits per heavy atom. The summed E-state index contributed by atoms with van der Waals surface area (Å²) in [5.74, 6) is 0. The van der Waals surface area contributed by atoms with Crippen LogP contribution < -0.4 is 10.6 Å². The van der Waals surface area contributed by atoms with Gasteiger partial charge in [0.05, 0.1) is 5.56 Å². The van der Waals surface area contributed by atoms with E-state index in [1.54, 1.807) is 6.07 Å². The summed E-state index contributed by atoms with van der Waals surface area (Å²) in [5, 5.41) is 6.29. The zero-order chi connectivity index (χ0) is 13.2. The Hall–Kier alpha value is -1.23. The summed E-state index contributed by atoms with van der Waals surface area (Å²) in [5.41, 5.74) is -0.423. The Balaban J connectivity index is 2.18. The number of hydrogen-bond acceptors (Lipinski definition) is 2. The summed E-state index contributed by atoms with van der Waals surface area (Å²) in [7, 11) is 0. The highest BCUT2D eigenvalue weighted by Crippen LogP contribution is 2.35. The predicted octanol–water partition coefficient (Wildman–Crippen LogP) is 3.26. The lowest BCUT2D eigenvalue weighted by Gasteiger charge is -2.32. The van der Waals surface area contributed by atoms with Crippen LogP contribution in [0.15, 0.2) is 24.3 Å². The van der Waals surface area contributed by atoms with Crippen LogP contribution in [-0.2, 0) is 6.18 Å². The Kier molecular flexibility index (Phi) is 3.80. The van der Waals surface area contributed by atoms with E-state index >= 15 is 0 Å². The average Bonchev–Trinajstić information content (AvgIpc) is 2.31. The second kappa shape index (κ2) is 5.18. The molecule has 1 aliphatic rings. The van der Waals surface area contributed by atoms with Gasteiger partial charge in [0.1, 0.15) is 0 Å². The molecule has 0 amide bonds. The average molecular weight is 258 g/mol. The number of piperidine rings is 1. The number of anilines is 1. The van der Waals surface area contributed by atoms with Crippen LogP contribution >= 0.6 is 0 Å². The first-order valence-electron chi connectivity index (χ1n) is 6.14. The molecule has 0 aromatic heterocycles. The normalized spacial score (nSPS) is 24.9. The minimum absolute atomic E-state index is 0.0437. The zero-order valence-electron chi connectivity index (χ0n) is 10.2. The molecule has 0 radical (unpaired) electrons. The molecular weight excluding hydrogens is 241 g/mol. The highest BCUT2D eigenvalue weighted by atomic mass is 19.4. The molecule has 5 heteroatoms. The molecule has 0 bridgehead atoms. The molecular formula is C13H17F3N2. The molecule has 1 saturated heterocycles. The van der Waals surface area contributed by atoms with Crippen LogP contribution in [0.25, 0.3) is 0 Å². The molecule has 0 spiro atoms. The SMILES string of the molecule is CC1NCCCC1Nc1ccccc1C(F)(F)F. The van der Waals surface area contributed by atoms with Crippen LogP contribution in [0.5, 0.6) is 0 Å². The van der Waals surface area contributed by atoms with E-state index in [-0.39, 0.29) is 17.8 Å². The lowest BCUT2D eigenvalue weighted by Crippen LogP contribution is -2.46. The van der Waals surface area contributed by atoms with Gasteiger partial charge in [0.25, 0.3) is 0 Å². The first-order valence-corrected chi connectivity index (χ1v) is 6.14. The second-order valence-corrected chi connectivity index (χ2v) is 4.68. The Morgan fingerprint density at radius 1 is 1.28 bits per heavy atom. The van der Waals surface area contributed by atoms with Gasteiger partial charge in [-0.25, -0.2) is 0 Å². The molecule has 2 rings (SSSR count). The van der Waals surface area contributed by atoms with Crippen LogP contribution in [0.2, 0.25) is 0 Å². The molecule has 1 aliphatic heterocycles. The molecule has 0 saturated carbocycles. The summed E-state index contributed by atoms with van der Waals surface area (Å²) in [6, 6.07) is 5.87. The molecule has 0 aliphatic carbocycles. The lowest BCUT2D eigenvalue weighted by atomic mass is 9.99. The molecule has 18 heavy (non-hydrogen) atoms. The summed E-state index contributed by atoms with van der Waals surface area (Å²) in [4.78, 5) is 0. The number of alkyl halides is 3. The van der Waals surface area contributed by atoms with Crippen LogP contribution in [0, 0.1) is 0 Å². The van der Waals surface area contributed by atoms with E-state index < -0.39 is 11.7 Å². The quantitative estimate of drug-likeness (QED) is 0.850. The van der Waals surface area contributed by atoms with Gasteiger partial charge in [-0.05, 0) is 38.4 Å². The van der Waals surface area contributed by atoms with E-state index in [0.717, 1.165) is 25.5 Å². The highest BCUT2D eigenvalue weighted by Gasteiger charge is 2.34. The van der Waals surface area contributed by atoms with E-state index in [0.29, 0.717) is 0 Å². The summed E-state index contributed by atoms with van der Waals surface area (Å²) in [6.45, 7) is 2.92. The van der Waals surface area contributed by atoms with Gasteiger partial charge < -0.3 is 10.6 Å². The van der Waals surface area contributed by atoms with E-state index in [1.165, 1.54) is 12.1 Å². The Labute approximate surface area is 105 Å². The number of para-hydroxylation sites is 1. The van der Waals surface area contributed by atoms with Crippen molar-refractivity contribution in [1.29, 1.82) is 0 Å². The number of nitrogens with one attached hydrogen (secondary N) is 2. The van der Waals surface area contributed by atoms with Crippen molar-refractivity contribution in [2.45, 2.75) is 38.0 Å². The van der Waals surface area contributed by atoms with Gasteiger partial charge in [0, 0.05) is 17.8 Å². The Bertz CT molecular complexity index is 403. The summed E-state index contributed by atoms with van der Waals surface area (Å²) in [6.07, 6.45) is -2.44. The maximum Gasteiger partial charge on any atom is 0.418 e. The molecule has 1 heterocycles. The zero-order valence-corrected chi connectivity index (χ0v) is 10.2. The number of halogens is 3.